The minimum atomic E-state index is -0.275. The van der Waals surface area contributed by atoms with Crippen LogP contribution in [0.15, 0.2) is 29.6 Å². The first-order valence-electron chi connectivity index (χ1n) is 7.10. The van der Waals surface area contributed by atoms with E-state index in [1.165, 1.54) is 0 Å². The van der Waals surface area contributed by atoms with E-state index in [1.807, 2.05) is 36.6 Å². The molecule has 6 heteroatoms. The molecule has 5 nitrogen and oxygen atoms in total. The van der Waals surface area contributed by atoms with Crippen molar-refractivity contribution in [2.24, 2.45) is 5.92 Å². The van der Waals surface area contributed by atoms with Crippen molar-refractivity contribution in [1.29, 1.82) is 0 Å². The lowest BCUT2D eigenvalue weighted by atomic mass is 10.1. The highest BCUT2D eigenvalue weighted by Crippen LogP contribution is 2.26. The summed E-state index contributed by atoms with van der Waals surface area (Å²) in [5.41, 5.74) is 2.70. The average molecular weight is 315 g/mol. The van der Waals surface area contributed by atoms with Crippen LogP contribution in [0.5, 0.6) is 0 Å². The van der Waals surface area contributed by atoms with Crippen molar-refractivity contribution in [2.75, 3.05) is 18.9 Å². The Balaban J connectivity index is 1.73. The molecule has 0 unspecified atom stereocenters. The SMILES string of the molecule is Cc1csc(-c2cccc(NC(=O)[C@H]3CC(=O)N(C)C3)c2)n1. The molecule has 1 saturated heterocycles. The summed E-state index contributed by atoms with van der Waals surface area (Å²) in [6.45, 7) is 2.44. The van der Waals surface area contributed by atoms with Crippen LogP contribution < -0.4 is 5.32 Å². The van der Waals surface area contributed by atoms with Gasteiger partial charge in [-0.25, -0.2) is 4.98 Å². The van der Waals surface area contributed by atoms with Crippen LogP contribution >= 0.6 is 11.3 Å². The third-order valence-corrected chi connectivity index (χ3v) is 4.72. The molecule has 0 bridgehead atoms. The Hall–Kier alpha value is -2.21. The number of amides is 2. The number of aromatic nitrogens is 1. The lowest BCUT2D eigenvalue weighted by Gasteiger charge is -2.11. The zero-order chi connectivity index (χ0) is 15.7. The van der Waals surface area contributed by atoms with Gasteiger partial charge in [0.1, 0.15) is 5.01 Å². The van der Waals surface area contributed by atoms with E-state index < -0.39 is 0 Å². The second kappa shape index (κ2) is 5.88. The first kappa shape index (κ1) is 14.7. The van der Waals surface area contributed by atoms with Crippen LogP contribution in [0, 0.1) is 12.8 Å². The molecular weight excluding hydrogens is 298 g/mol. The summed E-state index contributed by atoms with van der Waals surface area (Å²) in [5.74, 6) is -0.361. The van der Waals surface area contributed by atoms with Crippen LogP contribution in [0.3, 0.4) is 0 Å². The maximum absolute atomic E-state index is 12.3. The number of anilines is 1. The maximum Gasteiger partial charge on any atom is 0.229 e. The monoisotopic (exact) mass is 315 g/mol. The molecular formula is C16H17N3O2S. The van der Waals surface area contributed by atoms with Gasteiger partial charge in [0.25, 0.3) is 0 Å². The van der Waals surface area contributed by atoms with Gasteiger partial charge < -0.3 is 10.2 Å². The number of benzene rings is 1. The number of carbonyl (C=O) groups is 2. The van der Waals surface area contributed by atoms with E-state index in [2.05, 4.69) is 10.3 Å². The van der Waals surface area contributed by atoms with Gasteiger partial charge in [-0.05, 0) is 19.1 Å². The highest BCUT2D eigenvalue weighted by Gasteiger charge is 2.32. The molecule has 1 N–H and O–H groups in total. The largest absolute Gasteiger partial charge is 0.345 e. The fourth-order valence-electron chi connectivity index (χ4n) is 2.50. The summed E-state index contributed by atoms with van der Waals surface area (Å²) < 4.78 is 0. The number of thiazole rings is 1. The van der Waals surface area contributed by atoms with Gasteiger partial charge in [0.05, 0.1) is 5.92 Å². The van der Waals surface area contributed by atoms with Crippen LogP contribution in [-0.2, 0) is 9.59 Å². The van der Waals surface area contributed by atoms with Gasteiger partial charge in [0, 0.05) is 42.3 Å². The Kier molecular flexibility index (Phi) is 3.94. The minimum Gasteiger partial charge on any atom is -0.345 e. The third kappa shape index (κ3) is 3.01. The molecule has 22 heavy (non-hydrogen) atoms. The summed E-state index contributed by atoms with van der Waals surface area (Å²) in [4.78, 5) is 29.8. The molecule has 1 aromatic carbocycles. The second-order valence-electron chi connectivity index (χ2n) is 5.54. The number of hydrogen-bond acceptors (Lipinski definition) is 4. The molecule has 0 spiro atoms. The van der Waals surface area contributed by atoms with Crippen molar-refractivity contribution in [3.63, 3.8) is 0 Å². The molecule has 1 aromatic heterocycles. The first-order valence-corrected chi connectivity index (χ1v) is 7.98. The van der Waals surface area contributed by atoms with Gasteiger partial charge in [-0.2, -0.15) is 0 Å². The van der Waals surface area contributed by atoms with E-state index in [0.29, 0.717) is 6.54 Å². The highest BCUT2D eigenvalue weighted by molar-refractivity contribution is 7.13. The molecule has 3 rings (SSSR count). The lowest BCUT2D eigenvalue weighted by molar-refractivity contribution is -0.127. The molecule has 1 atom stereocenters. The minimum absolute atomic E-state index is 0.0205. The molecule has 0 aliphatic carbocycles. The Morgan fingerprint density at radius 3 is 2.91 bits per heavy atom. The van der Waals surface area contributed by atoms with Gasteiger partial charge >= 0.3 is 0 Å². The summed E-state index contributed by atoms with van der Waals surface area (Å²) in [6, 6.07) is 7.63. The van der Waals surface area contributed by atoms with Gasteiger partial charge in [-0.1, -0.05) is 12.1 Å². The Morgan fingerprint density at radius 1 is 1.45 bits per heavy atom. The lowest BCUT2D eigenvalue weighted by Crippen LogP contribution is -2.25. The summed E-state index contributed by atoms with van der Waals surface area (Å²) >= 11 is 1.58. The standard InChI is InChI=1S/C16H17N3O2S/c1-10-9-22-16(17-10)11-4-3-5-13(6-11)18-15(21)12-7-14(20)19(2)8-12/h3-6,9,12H,7-8H2,1-2H3,(H,18,21)/t12-/m0/s1. The Bertz CT molecular complexity index is 726. The van der Waals surface area contributed by atoms with Crippen molar-refractivity contribution in [3.05, 3.63) is 35.3 Å². The summed E-state index contributed by atoms with van der Waals surface area (Å²) in [6.07, 6.45) is 0.285. The van der Waals surface area contributed by atoms with Crippen LogP contribution in [0.1, 0.15) is 12.1 Å². The molecule has 1 aliphatic rings. The maximum atomic E-state index is 12.3. The molecule has 1 aliphatic heterocycles. The molecule has 0 radical (unpaired) electrons. The zero-order valence-electron chi connectivity index (χ0n) is 12.5. The molecule has 2 amide bonds. The van der Waals surface area contributed by atoms with Crippen molar-refractivity contribution < 1.29 is 9.59 Å². The fourth-order valence-corrected chi connectivity index (χ4v) is 3.29. The van der Waals surface area contributed by atoms with Gasteiger partial charge in [-0.15, -0.1) is 11.3 Å². The molecule has 114 valence electrons. The Morgan fingerprint density at radius 2 is 2.27 bits per heavy atom. The van der Waals surface area contributed by atoms with Crippen molar-refractivity contribution in [3.8, 4) is 10.6 Å². The van der Waals surface area contributed by atoms with E-state index in [1.54, 1.807) is 23.3 Å². The summed E-state index contributed by atoms with van der Waals surface area (Å²) in [7, 11) is 1.72. The topological polar surface area (TPSA) is 62.3 Å². The quantitative estimate of drug-likeness (QED) is 0.947. The number of rotatable bonds is 3. The van der Waals surface area contributed by atoms with Crippen molar-refractivity contribution in [2.45, 2.75) is 13.3 Å². The normalized spacial score (nSPS) is 17.8. The predicted molar refractivity (Wildman–Crippen MR) is 86.7 cm³/mol. The molecule has 2 heterocycles. The van der Waals surface area contributed by atoms with E-state index in [4.69, 9.17) is 0 Å². The van der Waals surface area contributed by atoms with E-state index >= 15 is 0 Å². The molecule has 1 fully saturated rings. The van der Waals surface area contributed by atoms with Crippen molar-refractivity contribution in [1.82, 2.24) is 9.88 Å². The molecule has 0 saturated carbocycles. The highest BCUT2D eigenvalue weighted by atomic mass is 32.1. The number of likely N-dealkylation sites (tertiary alicyclic amines) is 1. The number of carbonyl (C=O) groups excluding carboxylic acids is 2. The first-order chi connectivity index (χ1) is 10.5. The van der Waals surface area contributed by atoms with E-state index in [0.717, 1.165) is 22.0 Å². The van der Waals surface area contributed by atoms with Gasteiger partial charge in [-0.3, -0.25) is 9.59 Å². The number of nitrogens with one attached hydrogen (secondary N) is 1. The zero-order valence-corrected chi connectivity index (χ0v) is 13.3. The van der Waals surface area contributed by atoms with E-state index in [-0.39, 0.29) is 24.2 Å². The summed E-state index contributed by atoms with van der Waals surface area (Å²) in [5, 5.41) is 5.84. The Labute approximate surface area is 133 Å². The van der Waals surface area contributed by atoms with Gasteiger partial charge in [0.15, 0.2) is 0 Å². The van der Waals surface area contributed by atoms with Gasteiger partial charge in [0.2, 0.25) is 11.8 Å². The van der Waals surface area contributed by atoms with Crippen LogP contribution in [0.25, 0.3) is 10.6 Å². The molecule has 2 aromatic rings. The number of nitrogens with zero attached hydrogens (tertiary/aromatic N) is 2. The van der Waals surface area contributed by atoms with Crippen LogP contribution in [0.2, 0.25) is 0 Å². The second-order valence-corrected chi connectivity index (χ2v) is 6.40. The van der Waals surface area contributed by atoms with Crippen molar-refractivity contribution >= 4 is 28.8 Å². The van der Waals surface area contributed by atoms with Crippen LogP contribution in [-0.4, -0.2) is 35.3 Å². The third-order valence-electron chi connectivity index (χ3n) is 3.71. The fraction of sp³-hybridized carbons (Fsp3) is 0.312. The number of hydrogen-bond donors (Lipinski definition) is 1. The smallest absolute Gasteiger partial charge is 0.229 e. The predicted octanol–water partition coefficient (Wildman–Crippen LogP) is 2.54. The number of aryl methyl sites for hydroxylation is 1. The van der Waals surface area contributed by atoms with Crippen LogP contribution in [0.4, 0.5) is 5.69 Å². The average Bonchev–Trinajstić information content (AvgIpc) is 3.06. The van der Waals surface area contributed by atoms with E-state index in [9.17, 15) is 9.59 Å².